The Labute approximate surface area is 99.2 Å². The molecule has 0 amide bonds. The van der Waals surface area contributed by atoms with Gasteiger partial charge in [0.15, 0.2) is 0 Å². The maximum absolute atomic E-state index is 9.87. The number of fused-ring (bicyclic) bond motifs is 1. The summed E-state index contributed by atoms with van der Waals surface area (Å²) in [4.78, 5) is 2.35. The van der Waals surface area contributed by atoms with Crippen LogP contribution in [0.2, 0.25) is 0 Å². The van der Waals surface area contributed by atoms with Crippen molar-refractivity contribution in [2.24, 2.45) is 11.8 Å². The zero-order valence-electron chi connectivity index (χ0n) is 9.39. The van der Waals surface area contributed by atoms with Gasteiger partial charge >= 0.3 is 0 Å². The van der Waals surface area contributed by atoms with Crippen molar-refractivity contribution in [3.63, 3.8) is 0 Å². The summed E-state index contributed by atoms with van der Waals surface area (Å²) in [7, 11) is 0. The normalized spacial score (nSPS) is 33.4. The molecule has 1 aliphatic carbocycles. The molecule has 0 spiro atoms. The fraction of sp³-hybridized carbons (Fsp3) is 0.727. The Morgan fingerprint density at radius 3 is 2.88 bits per heavy atom. The molecule has 2 fully saturated rings. The average Bonchev–Trinajstić information content (AvgIpc) is 2.88. The topological polar surface area (TPSA) is 62.4 Å². The van der Waals surface area contributed by atoms with Gasteiger partial charge in [-0.1, -0.05) is 0 Å². The predicted molar refractivity (Wildman–Crippen MR) is 65.7 cm³/mol. The van der Waals surface area contributed by atoms with E-state index in [1.165, 1.54) is 16.5 Å². The van der Waals surface area contributed by atoms with Gasteiger partial charge in [-0.3, -0.25) is 0 Å². The molecule has 1 saturated carbocycles. The van der Waals surface area contributed by atoms with E-state index < -0.39 is 0 Å². The number of nitrogens with zero attached hydrogens (tertiary/aromatic N) is 2. The number of aliphatic hydroxyl groups excluding tert-OH is 1. The van der Waals surface area contributed by atoms with Crippen molar-refractivity contribution in [3.05, 3.63) is 5.56 Å². The van der Waals surface area contributed by atoms with Crippen LogP contribution in [-0.2, 0) is 0 Å². The van der Waals surface area contributed by atoms with Crippen molar-refractivity contribution in [2.75, 3.05) is 23.7 Å². The number of hydrogen-bond acceptors (Lipinski definition) is 5. The highest BCUT2D eigenvalue weighted by Gasteiger charge is 2.42. The second kappa shape index (κ2) is 3.60. The van der Waals surface area contributed by atoms with Crippen LogP contribution in [0.5, 0.6) is 0 Å². The minimum atomic E-state index is -0.0967. The lowest BCUT2D eigenvalue weighted by Gasteiger charge is -2.18. The van der Waals surface area contributed by atoms with Crippen LogP contribution in [0.15, 0.2) is 0 Å². The molecule has 88 valence electrons. The number of aromatic nitrogens is 1. The van der Waals surface area contributed by atoms with E-state index in [1.807, 2.05) is 6.92 Å². The second-order valence-electron chi connectivity index (χ2n) is 4.97. The molecule has 2 aliphatic rings. The molecule has 0 bridgehead atoms. The highest BCUT2D eigenvalue weighted by atomic mass is 32.1. The maximum atomic E-state index is 9.87. The van der Waals surface area contributed by atoms with Crippen LogP contribution in [0, 0.1) is 18.8 Å². The van der Waals surface area contributed by atoms with E-state index in [1.54, 1.807) is 0 Å². The molecule has 1 aromatic rings. The molecule has 1 aliphatic heterocycles. The van der Waals surface area contributed by atoms with Crippen LogP contribution in [-0.4, -0.2) is 28.7 Å². The SMILES string of the molecule is Cc1c(N)nsc1N1CC2CCC(O)C2C1. The zero-order chi connectivity index (χ0) is 11.3. The van der Waals surface area contributed by atoms with Gasteiger partial charge in [-0.15, -0.1) is 0 Å². The van der Waals surface area contributed by atoms with Crippen LogP contribution in [0.25, 0.3) is 0 Å². The van der Waals surface area contributed by atoms with E-state index in [4.69, 9.17) is 5.73 Å². The lowest BCUT2D eigenvalue weighted by atomic mass is 10.00. The number of rotatable bonds is 1. The van der Waals surface area contributed by atoms with Crippen molar-refractivity contribution in [1.29, 1.82) is 0 Å². The molecule has 3 rings (SSSR count). The standard InChI is InChI=1S/C11H17N3OS/c1-6-10(12)13-16-11(6)14-4-7-2-3-9(15)8(7)5-14/h7-9,15H,2-5H2,1H3,(H2,12,13). The molecule has 1 saturated heterocycles. The van der Waals surface area contributed by atoms with Gasteiger partial charge in [0.25, 0.3) is 0 Å². The van der Waals surface area contributed by atoms with Crippen molar-refractivity contribution >= 4 is 22.4 Å². The Bertz CT molecular complexity index is 406. The molecule has 3 atom stereocenters. The van der Waals surface area contributed by atoms with Crippen molar-refractivity contribution in [2.45, 2.75) is 25.9 Å². The third-order valence-corrected chi connectivity index (χ3v) is 5.07. The van der Waals surface area contributed by atoms with Crippen LogP contribution < -0.4 is 10.6 Å². The Morgan fingerprint density at radius 2 is 2.25 bits per heavy atom. The average molecular weight is 239 g/mol. The minimum Gasteiger partial charge on any atom is -0.393 e. The van der Waals surface area contributed by atoms with Gasteiger partial charge in [0, 0.05) is 24.6 Å². The summed E-state index contributed by atoms with van der Waals surface area (Å²) in [6, 6.07) is 0. The first kappa shape index (κ1) is 10.4. The largest absolute Gasteiger partial charge is 0.393 e. The predicted octanol–water partition coefficient (Wildman–Crippen LogP) is 1.24. The van der Waals surface area contributed by atoms with E-state index in [0.29, 0.717) is 17.7 Å². The smallest absolute Gasteiger partial charge is 0.142 e. The molecule has 1 aromatic heterocycles. The highest BCUT2D eigenvalue weighted by molar-refractivity contribution is 7.10. The van der Waals surface area contributed by atoms with Crippen LogP contribution in [0.3, 0.4) is 0 Å². The Hall–Kier alpha value is -0.810. The number of nitrogens with two attached hydrogens (primary N) is 1. The Kier molecular flexibility index (Phi) is 2.33. The van der Waals surface area contributed by atoms with Gasteiger partial charge in [0.1, 0.15) is 10.8 Å². The maximum Gasteiger partial charge on any atom is 0.142 e. The first-order valence-corrected chi connectivity index (χ1v) is 6.59. The second-order valence-corrected chi connectivity index (χ2v) is 5.72. The molecular formula is C11H17N3OS. The first-order chi connectivity index (χ1) is 7.66. The van der Waals surface area contributed by atoms with Crippen LogP contribution in [0.1, 0.15) is 18.4 Å². The van der Waals surface area contributed by atoms with E-state index in [9.17, 15) is 5.11 Å². The number of anilines is 2. The summed E-state index contributed by atoms with van der Waals surface area (Å²) in [6.07, 6.45) is 2.04. The Balaban J connectivity index is 1.82. The molecule has 2 heterocycles. The van der Waals surface area contributed by atoms with Crippen molar-refractivity contribution in [1.82, 2.24) is 4.37 Å². The number of aliphatic hydroxyl groups is 1. The summed E-state index contributed by atoms with van der Waals surface area (Å²) in [5.41, 5.74) is 6.87. The van der Waals surface area contributed by atoms with E-state index in [0.717, 1.165) is 31.5 Å². The van der Waals surface area contributed by atoms with Gasteiger partial charge in [0.05, 0.1) is 6.10 Å². The van der Waals surface area contributed by atoms with Gasteiger partial charge in [-0.2, -0.15) is 4.37 Å². The number of hydrogen-bond donors (Lipinski definition) is 2. The molecule has 0 radical (unpaired) electrons. The summed E-state index contributed by atoms with van der Waals surface area (Å²) >= 11 is 1.48. The van der Waals surface area contributed by atoms with Crippen molar-refractivity contribution < 1.29 is 5.11 Å². The number of nitrogen functional groups attached to an aromatic ring is 1. The lowest BCUT2D eigenvalue weighted by molar-refractivity contribution is 0.133. The third-order valence-electron chi connectivity index (χ3n) is 4.04. The third kappa shape index (κ3) is 1.42. The van der Waals surface area contributed by atoms with Crippen molar-refractivity contribution in [3.8, 4) is 0 Å². The van der Waals surface area contributed by atoms with E-state index >= 15 is 0 Å². The molecule has 4 nitrogen and oxygen atoms in total. The monoisotopic (exact) mass is 239 g/mol. The molecule has 16 heavy (non-hydrogen) atoms. The molecule has 3 unspecified atom stereocenters. The molecule has 3 N–H and O–H groups in total. The summed E-state index contributed by atoms with van der Waals surface area (Å²) < 4.78 is 4.19. The quantitative estimate of drug-likeness (QED) is 0.774. The van der Waals surface area contributed by atoms with Gasteiger partial charge in [-0.25, -0.2) is 0 Å². The van der Waals surface area contributed by atoms with Crippen LogP contribution >= 0.6 is 11.5 Å². The fourth-order valence-electron chi connectivity index (χ4n) is 3.04. The lowest BCUT2D eigenvalue weighted by Crippen LogP contribution is -2.24. The Morgan fingerprint density at radius 1 is 1.44 bits per heavy atom. The fourth-order valence-corrected chi connectivity index (χ4v) is 3.86. The van der Waals surface area contributed by atoms with Gasteiger partial charge < -0.3 is 15.7 Å². The zero-order valence-corrected chi connectivity index (χ0v) is 10.2. The highest BCUT2D eigenvalue weighted by Crippen LogP contribution is 2.42. The first-order valence-electron chi connectivity index (χ1n) is 5.81. The summed E-state index contributed by atoms with van der Waals surface area (Å²) in [5, 5.41) is 11.1. The summed E-state index contributed by atoms with van der Waals surface area (Å²) in [6.45, 7) is 4.05. The molecular weight excluding hydrogens is 222 g/mol. The van der Waals surface area contributed by atoms with E-state index in [2.05, 4.69) is 9.27 Å². The minimum absolute atomic E-state index is 0.0967. The molecule has 5 heteroatoms. The van der Waals surface area contributed by atoms with Gasteiger partial charge in [0.2, 0.25) is 0 Å². The van der Waals surface area contributed by atoms with Crippen LogP contribution in [0.4, 0.5) is 10.8 Å². The summed E-state index contributed by atoms with van der Waals surface area (Å²) in [5.74, 6) is 1.78. The molecule has 0 aromatic carbocycles. The van der Waals surface area contributed by atoms with E-state index in [-0.39, 0.29) is 6.10 Å². The van der Waals surface area contributed by atoms with Gasteiger partial charge in [-0.05, 0) is 37.2 Å².